The van der Waals surface area contributed by atoms with E-state index in [9.17, 15) is 4.79 Å². The van der Waals surface area contributed by atoms with Crippen LogP contribution in [0.2, 0.25) is 0 Å². The molecule has 0 fully saturated rings. The van der Waals surface area contributed by atoms with Crippen molar-refractivity contribution in [3.63, 3.8) is 0 Å². The number of carbonyl (C=O) groups excluding carboxylic acids is 1. The van der Waals surface area contributed by atoms with Crippen LogP contribution in [-0.4, -0.2) is 37.0 Å². The molecule has 0 spiro atoms. The number of rotatable bonds is 5. The highest BCUT2D eigenvalue weighted by Crippen LogP contribution is 2.26. The summed E-state index contributed by atoms with van der Waals surface area (Å²) in [4.78, 5) is 13.0. The van der Waals surface area contributed by atoms with Gasteiger partial charge in [-0.05, 0) is 25.7 Å². The molecule has 0 bridgehead atoms. The first-order chi connectivity index (χ1) is 7.03. The van der Waals surface area contributed by atoms with Crippen LogP contribution in [0, 0.1) is 5.41 Å². The van der Waals surface area contributed by atoms with Crippen LogP contribution in [0.1, 0.15) is 47.5 Å². The lowest BCUT2D eigenvalue weighted by Gasteiger charge is -2.33. The molecule has 0 rings (SSSR count). The zero-order valence-corrected chi connectivity index (χ0v) is 12.0. The van der Waals surface area contributed by atoms with Gasteiger partial charge in [0.2, 0.25) is 5.91 Å². The Balaban J connectivity index is 3.96. The predicted octanol–water partition coefficient (Wildman–Crippen LogP) is 2.27. The molecule has 0 aromatic rings. The van der Waals surface area contributed by atoms with Crippen molar-refractivity contribution < 1.29 is 4.79 Å². The summed E-state index contributed by atoms with van der Waals surface area (Å²) in [6, 6.07) is 0. The van der Waals surface area contributed by atoms with Crippen LogP contribution in [0.4, 0.5) is 0 Å². The molecular weight excluding hydrogens is 200 g/mol. The SMILES string of the molecule is CN(C)C(=O)CCNC(C)(C)CC(C)(C)C. The quantitative estimate of drug-likeness (QED) is 0.783. The third-order valence-electron chi connectivity index (χ3n) is 2.41. The zero-order valence-electron chi connectivity index (χ0n) is 12.0. The van der Waals surface area contributed by atoms with Crippen molar-refractivity contribution in [1.29, 1.82) is 0 Å². The molecule has 0 aliphatic heterocycles. The van der Waals surface area contributed by atoms with E-state index in [0.717, 1.165) is 13.0 Å². The second-order valence-corrected chi connectivity index (χ2v) is 6.59. The third-order valence-corrected chi connectivity index (χ3v) is 2.41. The van der Waals surface area contributed by atoms with E-state index in [2.05, 4.69) is 39.9 Å². The van der Waals surface area contributed by atoms with Gasteiger partial charge in [-0.3, -0.25) is 4.79 Å². The summed E-state index contributed by atoms with van der Waals surface area (Å²) in [5, 5.41) is 3.45. The first-order valence-electron chi connectivity index (χ1n) is 5.99. The molecule has 0 unspecified atom stereocenters. The molecule has 1 N–H and O–H groups in total. The van der Waals surface area contributed by atoms with Crippen LogP contribution in [0.25, 0.3) is 0 Å². The molecule has 3 nitrogen and oxygen atoms in total. The standard InChI is InChI=1S/C13H28N2O/c1-12(2,3)10-13(4,5)14-9-8-11(16)15(6)7/h14H,8-10H2,1-7H3. The lowest BCUT2D eigenvalue weighted by molar-refractivity contribution is -0.128. The van der Waals surface area contributed by atoms with Crippen LogP contribution >= 0.6 is 0 Å². The Bertz CT molecular complexity index is 227. The first-order valence-corrected chi connectivity index (χ1v) is 5.99. The summed E-state index contributed by atoms with van der Waals surface area (Å²) in [5.74, 6) is 0.180. The lowest BCUT2D eigenvalue weighted by atomic mass is 9.82. The van der Waals surface area contributed by atoms with E-state index in [1.807, 2.05) is 0 Å². The number of amides is 1. The maximum Gasteiger partial charge on any atom is 0.223 e. The normalized spacial score (nSPS) is 12.7. The van der Waals surface area contributed by atoms with Crippen LogP contribution in [0.5, 0.6) is 0 Å². The van der Waals surface area contributed by atoms with E-state index in [1.54, 1.807) is 19.0 Å². The minimum Gasteiger partial charge on any atom is -0.349 e. The molecular formula is C13H28N2O. The number of carbonyl (C=O) groups is 1. The summed E-state index contributed by atoms with van der Waals surface area (Å²) >= 11 is 0. The van der Waals surface area contributed by atoms with Gasteiger partial charge in [-0.1, -0.05) is 20.8 Å². The van der Waals surface area contributed by atoms with Crippen molar-refractivity contribution in [3.8, 4) is 0 Å². The second kappa shape index (κ2) is 5.67. The van der Waals surface area contributed by atoms with Gasteiger partial charge in [0, 0.05) is 32.6 Å². The molecule has 0 aliphatic carbocycles. The summed E-state index contributed by atoms with van der Waals surface area (Å²) in [7, 11) is 3.59. The highest BCUT2D eigenvalue weighted by molar-refractivity contribution is 5.75. The highest BCUT2D eigenvalue weighted by Gasteiger charge is 2.24. The molecule has 96 valence electrons. The average Bonchev–Trinajstić information content (AvgIpc) is 1.98. The minimum absolute atomic E-state index is 0.0881. The number of hydrogen-bond acceptors (Lipinski definition) is 2. The molecule has 3 heteroatoms. The molecule has 0 radical (unpaired) electrons. The van der Waals surface area contributed by atoms with Gasteiger partial charge in [-0.2, -0.15) is 0 Å². The third kappa shape index (κ3) is 7.69. The van der Waals surface area contributed by atoms with Gasteiger partial charge in [0.25, 0.3) is 0 Å². The second-order valence-electron chi connectivity index (χ2n) is 6.59. The van der Waals surface area contributed by atoms with Gasteiger partial charge in [0.05, 0.1) is 0 Å². The van der Waals surface area contributed by atoms with Gasteiger partial charge in [-0.25, -0.2) is 0 Å². The predicted molar refractivity (Wildman–Crippen MR) is 69.5 cm³/mol. The fourth-order valence-corrected chi connectivity index (χ4v) is 2.12. The fourth-order valence-electron chi connectivity index (χ4n) is 2.12. The lowest BCUT2D eigenvalue weighted by Crippen LogP contribution is -2.43. The molecule has 0 saturated heterocycles. The highest BCUT2D eigenvalue weighted by atomic mass is 16.2. The van der Waals surface area contributed by atoms with Crippen LogP contribution in [0.3, 0.4) is 0 Å². The van der Waals surface area contributed by atoms with Gasteiger partial charge < -0.3 is 10.2 Å². The maximum atomic E-state index is 11.4. The van der Waals surface area contributed by atoms with Gasteiger partial charge in [0.15, 0.2) is 0 Å². The monoisotopic (exact) mass is 228 g/mol. The Morgan fingerprint density at radius 2 is 1.62 bits per heavy atom. The maximum absolute atomic E-state index is 11.4. The average molecular weight is 228 g/mol. The summed E-state index contributed by atoms with van der Waals surface area (Å²) in [6.45, 7) is 11.8. The van der Waals surface area contributed by atoms with Gasteiger partial charge >= 0.3 is 0 Å². The fraction of sp³-hybridized carbons (Fsp3) is 0.923. The Morgan fingerprint density at radius 3 is 2.00 bits per heavy atom. The van der Waals surface area contributed by atoms with Crippen molar-refractivity contribution >= 4 is 5.91 Å². The molecule has 16 heavy (non-hydrogen) atoms. The van der Waals surface area contributed by atoms with Crippen molar-refractivity contribution in [3.05, 3.63) is 0 Å². The topological polar surface area (TPSA) is 32.3 Å². The Kier molecular flexibility index (Phi) is 5.47. The smallest absolute Gasteiger partial charge is 0.223 e. The summed E-state index contributed by atoms with van der Waals surface area (Å²) in [6.07, 6.45) is 1.66. The number of nitrogens with one attached hydrogen (secondary N) is 1. The molecule has 0 saturated carbocycles. The van der Waals surface area contributed by atoms with E-state index >= 15 is 0 Å². The van der Waals surface area contributed by atoms with E-state index in [-0.39, 0.29) is 11.4 Å². The largest absolute Gasteiger partial charge is 0.349 e. The van der Waals surface area contributed by atoms with Crippen LogP contribution in [0.15, 0.2) is 0 Å². The van der Waals surface area contributed by atoms with Crippen molar-refractivity contribution in [2.24, 2.45) is 5.41 Å². The Hall–Kier alpha value is -0.570. The summed E-state index contributed by atoms with van der Waals surface area (Å²) in [5.41, 5.74) is 0.396. The minimum atomic E-state index is 0.0881. The van der Waals surface area contributed by atoms with Crippen LogP contribution in [-0.2, 0) is 4.79 Å². The van der Waals surface area contributed by atoms with Crippen molar-refractivity contribution in [2.75, 3.05) is 20.6 Å². The van der Waals surface area contributed by atoms with E-state index in [1.165, 1.54) is 0 Å². The zero-order chi connectivity index (χ0) is 13.0. The Labute approximate surface area is 101 Å². The van der Waals surface area contributed by atoms with E-state index in [0.29, 0.717) is 11.8 Å². The Morgan fingerprint density at radius 1 is 1.12 bits per heavy atom. The van der Waals surface area contributed by atoms with Gasteiger partial charge in [0.1, 0.15) is 0 Å². The molecule has 0 heterocycles. The number of nitrogens with zero attached hydrogens (tertiary/aromatic N) is 1. The molecule has 1 amide bonds. The van der Waals surface area contributed by atoms with E-state index < -0.39 is 0 Å². The molecule has 0 aromatic carbocycles. The van der Waals surface area contributed by atoms with Crippen molar-refractivity contribution in [2.45, 2.75) is 53.0 Å². The molecule has 0 aromatic heterocycles. The molecule has 0 aliphatic rings. The van der Waals surface area contributed by atoms with Crippen molar-refractivity contribution in [1.82, 2.24) is 10.2 Å². The van der Waals surface area contributed by atoms with Gasteiger partial charge in [-0.15, -0.1) is 0 Å². The van der Waals surface area contributed by atoms with Crippen LogP contribution < -0.4 is 5.32 Å². The van der Waals surface area contributed by atoms with E-state index in [4.69, 9.17) is 0 Å². The number of hydrogen-bond donors (Lipinski definition) is 1. The first kappa shape index (κ1) is 15.4. The summed E-state index contributed by atoms with van der Waals surface area (Å²) < 4.78 is 0. The molecule has 0 atom stereocenters.